The summed E-state index contributed by atoms with van der Waals surface area (Å²) in [5.41, 5.74) is -0.0375. The van der Waals surface area contributed by atoms with Gasteiger partial charge in [-0.05, 0) is 38.0 Å². The third-order valence-corrected chi connectivity index (χ3v) is 5.63. The Balaban J connectivity index is 1.49. The van der Waals surface area contributed by atoms with Crippen molar-refractivity contribution < 1.29 is 14.3 Å². The second kappa shape index (κ2) is 6.57. The van der Waals surface area contributed by atoms with Crippen molar-refractivity contribution in [3.8, 4) is 0 Å². The quantitative estimate of drug-likeness (QED) is 0.790. The normalized spacial score (nSPS) is 30.7. The largest absolute Gasteiger partial charge is 0.381 e. The molecule has 2 aliphatic heterocycles. The molecule has 3 heteroatoms. The molecule has 20 heavy (non-hydrogen) atoms. The molecular formula is C17H28O3. The van der Waals surface area contributed by atoms with Gasteiger partial charge in [-0.25, -0.2) is 0 Å². The van der Waals surface area contributed by atoms with Gasteiger partial charge in [0.15, 0.2) is 0 Å². The van der Waals surface area contributed by atoms with E-state index >= 15 is 0 Å². The molecule has 3 fully saturated rings. The Morgan fingerprint density at radius 3 is 2.55 bits per heavy atom. The molecule has 0 radical (unpaired) electrons. The van der Waals surface area contributed by atoms with Gasteiger partial charge in [0.1, 0.15) is 5.78 Å². The number of carbonyl (C=O) groups excluding carboxylic acids is 1. The first-order chi connectivity index (χ1) is 9.77. The molecule has 3 aliphatic rings. The summed E-state index contributed by atoms with van der Waals surface area (Å²) in [6.07, 6.45) is 11.2. The average molecular weight is 280 g/mol. The summed E-state index contributed by atoms with van der Waals surface area (Å²) >= 11 is 0. The molecule has 1 unspecified atom stereocenters. The zero-order valence-corrected chi connectivity index (χ0v) is 12.6. The SMILES string of the molecule is O=C(CCC1CCCC1)C1CCOC2(CCOCC2)C1. The van der Waals surface area contributed by atoms with Crippen LogP contribution in [0.1, 0.15) is 64.2 Å². The van der Waals surface area contributed by atoms with E-state index in [-0.39, 0.29) is 11.5 Å². The van der Waals surface area contributed by atoms with Gasteiger partial charge in [-0.3, -0.25) is 4.79 Å². The van der Waals surface area contributed by atoms with Crippen LogP contribution in [-0.2, 0) is 14.3 Å². The van der Waals surface area contributed by atoms with Crippen molar-refractivity contribution in [1.82, 2.24) is 0 Å². The molecule has 0 aromatic heterocycles. The van der Waals surface area contributed by atoms with E-state index < -0.39 is 0 Å². The van der Waals surface area contributed by atoms with Crippen molar-refractivity contribution in [3.63, 3.8) is 0 Å². The third-order valence-electron chi connectivity index (χ3n) is 5.63. The summed E-state index contributed by atoms with van der Waals surface area (Å²) in [6.45, 7) is 2.35. The molecule has 1 aliphatic carbocycles. The molecule has 0 N–H and O–H groups in total. The standard InChI is InChI=1S/C17H28O3/c18-16(6-5-14-3-1-2-4-14)15-7-10-20-17(13-15)8-11-19-12-9-17/h14-15H,1-13H2. The van der Waals surface area contributed by atoms with Gasteiger partial charge in [0.25, 0.3) is 0 Å². The van der Waals surface area contributed by atoms with E-state index in [0.717, 1.165) is 64.3 Å². The van der Waals surface area contributed by atoms with Gasteiger partial charge < -0.3 is 9.47 Å². The first kappa shape index (κ1) is 14.5. The van der Waals surface area contributed by atoms with Crippen molar-refractivity contribution in [2.75, 3.05) is 19.8 Å². The Morgan fingerprint density at radius 2 is 1.80 bits per heavy atom. The molecule has 1 saturated carbocycles. The molecule has 0 bridgehead atoms. The second-order valence-corrected chi connectivity index (χ2v) is 6.99. The lowest BCUT2D eigenvalue weighted by Crippen LogP contribution is -2.45. The minimum Gasteiger partial charge on any atom is -0.381 e. The van der Waals surface area contributed by atoms with Gasteiger partial charge in [0.05, 0.1) is 5.60 Å². The highest BCUT2D eigenvalue weighted by Crippen LogP contribution is 2.38. The van der Waals surface area contributed by atoms with Gasteiger partial charge in [-0.1, -0.05) is 25.7 Å². The Labute approximate surface area is 122 Å². The summed E-state index contributed by atoms with van der Waals surface area (Å²) in [5, 5.41) is 0. The van der Waals surface area contributed by atoms with Crippen LogP contribution in [0.15, 0.2) is 0 Å². The highest BCUT2D eigenvalue weighted by atomic mass is 16.5. The molecule has 114 valence electrons. The van der Waals surface area contributed by atoms with Crippen molar-refractivity contribution in [1.29, 1.82) is 0 Å². The Kier molecular flexibility index (Phi) is 4.77. The fraction of sp³-hybridized carbons (Fsp3) is 0.941. The maximum atomic E-state index is 12.5. The van der Waals surface area contributed by atoms with Gasteiger partial charge in [-0.2, -0.15) is 0 Å². The number of carbonyl (C=O) groups is 1. The molecule has 2 saturated heterocycles. The predicted molar refractivity (Wildman–Crippen MR) is 77.7 cm³/mol. The van der Waals surface area contributed by atoms with Crippen LogP contribution < -0.4 is 0 Å². The van der Waals surface area contributed by atoms with Crippen LogP contribution >= 0.6 is 0 Å². The molecular weight excluding hydrogens is 252 g/mol. The molecule has 0 aromatic rings. The highest BCUT2D eigenvalue weighted by molar-refractivity contribution is 5.81. The average Bonchev–Trinajstić information content (AvgIpc) is 2.99. The zero-order valence-electron chi connectivity index (χ0n) is 12.6. The number of ether oxygens (including phenoxy) is 2. The van der Waals surface area contributed by atoms with E-state index in [0.29, 0.717) is 5.78 Å². The van der Waals surface area contributed by atoms with E-state index in [2.05, 4.69) is 0 Å². The number of rotatable bonds is 4. The van der Waals surface area contributed by atoms with E-state index in [1.54, 1.807) is 0 Å². The smallest absolute Gasteiger partial charge is 0.136 e. The lowest BCUT2D eigenvalue weighted by Gasteiger charge is -2.43. The minimum atomic E-state index is -0.0375. The molecule has 0 amide bonds. The van der Waals surface area contributed by atoms with Crippen LogP contribution in [-0.4, -0.2) is 31.2 Å². The van der Waals surface area contributed by atoms with Crippen molar-refractivity contribution in [2.45, 2.75) is 69.8 Å². The lowest BCUT2D eigenvalue weighted by atomic mass is 9.78. The highest BCUT2D eigenvalue weighted by Gasteiger charge is 2.40. The Morgan fingerprint density at radius 1 is 1.05 bits per heavy atom. The number of hydrogen-bond acceptors (Lipinski definition) is 3. The summed E-state index contributed by atoms with van der Waals surface area (Å²) < 4.78 is 11.5. The summed E-state index contributed by atoms with van der Waals surface area (Å²) in [7, 11) is 0. The topological polar surface area (TPSA) is 35.5 Å². The molecule has 1 atom stereocenters. The van der Waals surface area contributed by atoms with Crippen molar-refractivity contribution >= 4 is 5.78 Å². The molecule has 2 heterocycles. The van der Waals surface area contributed by atoms with E-state index in [4.69, 9.17) is 9.47 Å². The summed E-state index contributed by atoms with van der Waals surface area (Å²) in [5.74, 6) is 1.59. The monoisotopic (exact) mass is 280 g/mol. The number of ketones is 1. The van der Waals surface area contributed by atoms with Crippen LogP contribution in [0.25, 0.3) is 0 Å². The molecule has 3 rings (SSSR count). The van der Waals surface area contributed by atoms with Crippen LogP contribution in [0.4, 0.5) is 0 Å². The van der Waals surface area contributed by atoms with E-state index in [1.165, 1.54) is 25.7 Å². The zero-order chi connectivity index (χ0) is 13.8. The number of hydrogen-bond donors (Lipinski definition) is 0. The lowest BCUT2D eigenvalue weighted by molar-refractivity contribution is -0.157. The van der Waals surface area contributed by atoms with Crippen molar-refractivity contribution in [3.05, 3.63) is 0 Å². The predicted octanol–water partition coefficient (Wildman–Crippen LogP) is 3.50. The maximum Gasteiger partial charge on any atom is 0.136 e. The number of Topliss-reactive ketones (excluding diaryl/α,β-unsaturated/α-hetero) is 1. The molecule has 3 nitrogen and oxygen atoms in total. The van der Waals surface area contributed by atoms with Gasteiger partial charge >= 0.3 is 0 Å². The summed E-state index contributed by atoms with van der Waals surface area (Å²) in [4.78, 5) is 12.5. The fourth-order valence-electron chi connectivity index (χ4n) is 4.24. The fourth-order valence-corrected chi connectivity index (χ4v) is 4.24. The first-order valence-corrected chi connectivity index (χ1v) is 8.52. The van der Waals surface area contributed by atoms with Crippen LogP contribution in [0.5, 0.6) is 0 Å². The maximum absolute atomic E-state index is 12.5. The van der Waals surface area contributed by atoms with Crippen molar-refractivity contribution in [2.24, 2.45) is 11.8 Å². The van der Waals surface area contributed by atoms with Gasteiger partial charge in [-0.15, -0.1) is 0 Å². The first-order valence-electron chi connectivity index (χ1n) is 8.52. The molecule has 0 aromatic carbocycles. The van der Waals surface area contributed by atoms with E-state index in [9.17, 15) is 4.79 Å². The van der Waals surface area contributed by atoms with Crippen LogP contribution in [0, 0.1) is 11.8 Å². The van der Waals surface area contributed by atoms with Gasteiger partial charge in [0.2, 0.25) is 0 Å². The van der Waals surface area contributed by atoms with Crippen LogP contribution in [0.3, 0.4) is 0 Å². The minimum absolute atomic E-state index is 0.0375. The third kappa shape index (κ3) is 3.43. The van der Waals surface area contributed by atoms with E-state index in [1.807, 2.05) is 0 Å². The molecule has 1 spiro atoms. The second-order valence-electron chi connectivity index (χ2n) is 6.99. The Hall–Kier alpha value is -0.410. The summed E-state index contributed by atoms with van der Waals surface area (Å²) in [6, 6.07) is 0. The Bertz CT molecular complexity index is 322. The van der Waals surface area contributed by atoms with Gasteiger partial charge in [0, 0.05) is 32.2 Å². The van der Waals surface area contributed by atoms with Crippen LogP contribution in [0.2, 0.25) is 0 Å².